The number of carboxylic acids is 2. The summed E-state index contributed by atoms with van der Waals surface area (Å²) >= 11 is 0. The van der Waals surface area contributed by atoms with Crippen LogP contribution < -0.4 is 0 Å². The van der Waals surface area contributed by atoms with Gasteiger partial charge in [0.2, 0.25) is 0 Å². The van der Waals surface area contributed by atoms with E-state index in [0.29, 0.717) is 0 Å². The number of carbonyl (C=O) groups is 2. The van der Waals surface area contributed by atoms with Crippen LogP contribution in [-0.4, -0.2) is 125 Å². The molecule has 0 atom stereocenters. The van der Waals surface area contributed by atoms with Gasteiger partial charge in [-0.25, -0.2) is 9.59 Å². The normalized spacial score (nSPS) is 5.50. The zero-order valence-corrected chi connectivity index (χ0v) is 11.0. The summed E-state index contributed by atoms with van der Waals surface area (Å²) in [7, 11) is 0. The average Bonchev–Trinajstić information content (AvgIpc) is 1.36. The van der Waals surface area contributed by atoms with E-state index in [4.69, 9.17) is 19.8 Å². The Kier molecular flexibility index (Phi) is 19.2. The van der Waals surface area contributed by atoms with Crippen molar-refractivity contribution in [3.8, 4) is 0 Å². The van der Waals surface area contributed by atoms with Gasteiger partial charge in [0.05, 0.1) is 0 Å². The first-order valence-corrected chi connectivity index (χ1v) is 1.11. The van der Waals surface area contributed by atoms with Gasteiger partial charge < -0.3 is 10.2 Å². The molecule has 0 aliphatic rings. The molecule has 0 saturated carbocycles. The molecule has 0 saturated heterocycles. The Balaban J connectivity index is -0.000000125. The predicted molar refractivity (Wildman–Crippen MR) is 26.8 cm³/mol. The maximum Gasteiger partial charge on any atom is 0.414 e. The van der Waals surface area contributed by atoms with Crippen LogP contribution in [0.4, 0.5) is 0 Å². The van der Waals surface area contributed by atoms with Crippen LogP contribution in [0.1, 0.15) is 0 Å². The fourth-order valence-corrected chi connectivity index (χ4v) is 0. The van der Waals surface area contributed by atoms with Crippen LogP contribution in [0.5, 0.6) is 0 Å². The van der Waals surface area contributed by atoms with Gasteiger partial charge in [-0.2, -0.15) is 0 Å². The Bertz CT molecular complexity index is 78.0. The van der Waals surface area contributed by atoms with Gasteiger partial charge in [0, 0.05) is 103 Å². The molecular weight excluding hydrogens is 166 g/mol. The number of carboxylic acid groups (broad SMARTS) is 2. The fraction of sp³-hybridized carbons (Fsp3) is 0. The van der Waals surface area contributed by atoms with E-state index in [1.807, 2.05) is 0 Å². The van der Waals surface area contributed by atoms with Crippen LogP contribution in [0.25, 0.3) is 0 Å². The van der Waals surface area contributed by atoms with Crippen molar-refractivity contribution in [2.24, 2.45) is 0 Å². The average molecular weight is 168 g/mol. The molecule has 36 valence electrons. The van der Waals surface area contributed by atoms with Gasteiger partial charge in [-0.3, -0.25) is 0 Å². The van der Waals surface area contributed by atoms with E-state index in [-0.39, 0.29) is 103 Å². The Morgan fingerprint density at radius 3 is 1.00 bits per heavy atom. The van der Waals surface area contributed by atoms with Crippen LogP contribution >= 0.6 is 0 Å². The van der Waals surface area contributed by atoms with E-state index in [1.54, 1.807) is 0 Å². The molecule has 6 heteroatoms. The van der Waals surface area contributed by atoms with Crippen molar-refractivity contribution >= 4 is 115 Å². The summed E-state index contributed by atoms with van der Waals surface area (Å²) < 4.78 is 0. The Morgan fingerprint density at radius 2 is 1.00 bits per heavy atom. The van der Waals surface area contributed by atoms with Gasteiger partial charge in [0.1, 0.15) is 0 Å². The minimum atomic E-state index is -1.82. The van der Waals surface area contributed by atoms with Crippen molar-refractivity contribution in [2.75, 3.05) is 0 Å². The number of rotatable bonds is 0. The molecule has 0 aliphatic carbocycles. The molecule has 0 aliphatic heterocycles. The number of hydrogen-bond acceptors (Lipinski definition) is 2. The second kappa shape index (κ2) is 9.21. The van der Waals surface area contributed by atoms with E-state index >= 15 is 0 Å². The molecule has 2 radical (unpaired) electrons. The molecule has 0 unspecified atom stereocenters. The van der Waals surface area contributed by atoms with Crippen molar-refractivity contribution in [2.45, 2.75) is 0 Å². The van der Waals surface area contributed by atoms with Gasteiger partial charge in [-0.05, 0) is 0 Å². The first-order valence-electron chi connectivity index (χ1n) is 1.11. The van der Waals surface area contributed by atoms with Crippen molar-refractivity contribution < 1.29 is 19.8 Å². The van der Waals surface area contributed by atoms with E-state index in [1.165, 1.54) is 0 Å². The first-order chi connectivity index (χ1) is 2.64. The number of hydrogen-bond donors (Lipinski definition) is 2. The van der Waals surface area contributed by atoms with Crippen LogP contribution in [0, 0.1) is 0 Å². The molecule has 0 aromatic heterocycles. The van der Waals surface area contributed by atoms with Crippen LogP contribution in [-0.2, 0) is 9.59 Å². The number of aliphatic carboxylic acids is 2. The van der Waals surface area contributed by atoms with Crippen molar-refractivity contribution in [1.29, 1.82) is 0 Å². The van der Waals surface area contributed by atoms with E-state index in [2.05, 4.69) is 0 Å². The first kappa shape index (κ1) is 16.7. The third kappa shape index (κ3) is 11.1. The standard InChI is InChI=1S/C2H2O4.2K/c3-1(4)2(5)6;;/h(H,3,4)(H,5,6);;. The van der Waals surface area contributed by atoms with Crippen LogP contribution in [0.2, 0.25) is 0 Å². The maximum atomic E-state index is 9.10. The van der Waals surface area contributed by atoms with Crippen LogP contribution in [0.15, 0.2) is 0 Å². The molecule has 0 fully saturated rings. The molecule has 0 rings (SSSR count). The Labute approximate surface area is 131 Å². The molecule has 4 nitrogen and oxygen atoms in total. The molecule has 0 aromatic rings. The summed E-state index contributed by atoms with van der Waals surface area (Å²) in [6.45, 7) is 0. The van der Waals surface area contributed by atoms with Gasteiger partial charge in [0.15, 0.2) is 0 Å². The molecule has 0 amide bonds. The van der Waals surface area contributed by atoms with Gasteiger partial charge >= 0.3 is 11.9 Å². The maximum absolute atomic E-state index is 9.10. The van der Waals surface area contributed by atoms with Crippen LogP contribution in [0.3, 0.4) is 0 Å². The summed E-state index contributed by atoms with van der Waals surface area (Å²) in [4.78, 5) is 18.2. The molecule has 8 heavy (non-hydrogen) atoms. The monoisotopic (exact) mass is 168 g/mol. The quantitative estimate of drug-likeness (QED) is 0.337. The zero-order chi connectivity index (χ0) is 5.15. The molecule has 0 aromatic carbocycles. The molecular formula is C2H2K2O4. The third-order valence-corrected chi connectivity index (χ3v) is 0.183. The van der Waals surface area contributed by atoms with E-state index in [9.17, 15) is 0 Å². The summed E-state index contributed by atoms with van der Waals surface area (Å²) in [6, 6.07) is 0. The molecule has 0 bridgehead atoms. The Hall–Kier alpha value is 2.21. The third-order valence-electron chi connectivity index (χ3n) is 0.183. The van der Waals surface area contributed by atoms with Crippen molar-refractivity contribution in [3.63, 3.8) is 0 Å². The summed E-state index contributed by atoms with van der Waals surface area (Å²) in [5.74, 6) is -3.65. The van der Waals surface area contributed by atoms with E-state index < -0.39 is 11.9 Å². The minimum Gasteiger partial charge on any atom is -0.473 e. The summed E-state index contributed by atoms with van der Waals surface area (Å²) in [5, 5.41) is 14.8. The smallest absolute Gasteiger partial charge is 0.414 e. The predicted octanol–water partition coefficient (Wildman–Crippen LogP) is -1.61. The van der Waals surface area contributed by atoms with Crippen molar-refractivity contribution in [1.82, 2.24) is 0 Å². The van der Waals surface area contributed by atoms with Gasteiger partial charge in [-0.1, -0.05) is 0 Å². The second-order valence-corrected chi connectivity index (χ2v) is 0.610. The summed E-state index contributed by atoms with van der Waals surface area (Å²) in [5.41, 5.74) is 0. The Morgan fingerprint density at radius 1 is 0.875 bits per heavy atom. The van der Waals surface area contributed by atoms with Crippen molar-refractivity contribution in [3.05, 3.63) is 0 Å². The van der Waals surface area contributed by atoms with E-state index in [0.717, 1.165) is 0 Å². The molecule has 0 spiro atoms. The van der Waals surface area contributed by atoms with Gasteiger partial charge in [0.25, 0.3) is 0 Å². The summed E-state index contributed by atoms with van der Waals surface area (Å²) in [6.07, 6.45) is 0. The zero-order valence-electron chi connectivity index (χ0n) is 4.71. The molecule has 2 N–H and O–H groups in total. The topological polar surface area (TPSA) is 74.6 Å². The SMILES string of the molecule is O=C(O)C(=O)O.[K].[K]. The largest absolute Gasteiger partial charge is 0.473 e. The second-order valence-electron chi connectivity index (χ2n) is 0.610. The van der Waals surface area contributed by atoms with Gasteiger partial charge in [-0.15, -0.1) is 0 Å². The minimum absolute atomic E-state index is 0. The fourth-order valence-electron chi connectivity index (χ4n) is 0. The molecule has 0 heterocycles.